The van der Waals surface area contributed by atoms with Crippen LogP contribution in [0.3, 0.4) is 0 Å². The van der Waals surface area contributed by atoms with Gasteiger partial charge in [0.05, 0.1) is 23.9 Å². The molecule has 1 aromatic rings. The van der Waals surface area contributed by atoms with Crippen molar-refractivity contribution in [3.05, 3.63) is 16.5 Å². The van der Waals surface area contributed by atoms with Crippen LogP contribution in [-0.4, -0.2) is 41.8 Å². The molecule has 0 bridgehead atoms. The maximum Gasteiger partial charge on any atom is 0.389 e. The summed E-state index contributed by atoms with van der Waals surface area (Å²) in [6, 6.07) is 0. The highest BCUT2D eigenvalue weighted by Gasteiger charge is 2.30. The Bertz CT molecular complexity index is 617. The quantitative estimate of drug-likeness (QED) is 0.730. The van der Waals surface area contributed by atoms with Crippen LogP contribution in [0, 0.1) is 12.8 Å². The number of hydrogen-bond donors (Lipinski definition) is 0. The molecule has 1 saturated heterocycles. The molecule has 0 saturated carbocycles. The monoisotopic (exact) mass is 379 g/mol. The van der Waals surface area contributed by atoms with Crippen LogP contribution in [0.15, 0.2) is 0 Å². The summed E-state index contributed by atoms with van der Waals surface area (Å²) < 4.78 is 42.4. The van der Waals surface area contributed by atoms with Gasteiger partial charge in [-0.3, -0.25) is 4.79 Å². The van der Waals surface area contributed by atoms with Crippen molar-refractivity contribution in [1.29, 1.82) is 0 Å². The molecule has 2 heterocycles. The first-order valence-electron chi connectivity index (χ1n) is 8.22. The van der Waals surface area contributed by atoms with Crippen LogP contribution in [0.2, 0.25) is 5.15 Å². The molecule has 0 N–H and O–H groups in total. The van der Waals surface area contributed by atoms with E-state index in [9.17, 15) is 18.0 Å². The highest BCUT2D eigenvalue weighted by molar-refractivity contribution is 6.30. The molecule has 25 heavy (non-hydrogen) atoms. The van der Waals surface area contributed by atoms with Gasteiger partial charge >= 0.3 is 12.1 Å². The number of nitrogens with zero attached hydrogens (tertiary/aromatic N) is 3. The molecule has 1 fully saturated rings. The molecule has 5 nitrogen and oxygen atoms in total. The zero-order valence-electron chi connectivity index (χ0n) is 14.2. The number of halogens is 4. The fraction of sp³-hybridized carbons (Fsp3) is 0.688. The van der Waals surface area contributed by atoms with Crippen molar-refractivity contribution in [2.75, 3.05) is 24.6 Å². The van der Waals surface area contributed by atoms with E-state index in [-0.39, 0.29) is 29.2 Å². The maximum absolute atomic E-state index is 12.4. The van der Waals surface area contributed by atoms with E-state index in [4.69, 9.17) is 16.3 Å². The second-order valence-electron chi connectivity index (χ2n) is 6.00. The molecule has 0 atom stereocenters. The van der Waals surface area contributed by atoms with E-state index in [0.29, 0.717) is 44.0 Å². The Balaban J connectivity index is 2.08. The first-order chi connectivity index (χ1) is 11.7. The first-order valence-corrected chi connectivity index (χ1v) is 8.60. The van der Waals surface area contributed by atoms with Crippen LogP contribution in [0.1, 0.15) is 37.6 Å². The predicted octanol–water partition coefficient (Wildman–Crippen LogP) is 3.71. The molecule has 0 unspecified atom stereocenters. The lowest BCUT2D eigenvalue weighted by atomic mass is 9.97. The van der Waals surface area contributed by atoms with E-state index in [1.807, 2.05) is 4.90 Å². The lowest BCUT2D eigenvalue weighted by molar-refractivity contribution is -0.148. The number of alkyl halides is 3. The van der Waals surface area contributed by atoms with Gasteiger partial charge in [0.2, 0.25) is 0 Å². The molecular weight excluding hydrogens is 359 g/mol. The zero-order valence-corrected chi connectivity index (χ0v) is 15.0. The number of rotatable bonds is 5. The fourth-order valence-corrected chi connectivity index (χ4v) is 3.09. The minimum absolute atomic E-state index is 0.00640. The number of anilines is 1. The number of esters is 1. The van der Waals surface area contributed by atoms with Crippen LogP contribution in [0.4, 0.5) is 19.0 Å². The van der Waals surface area contributed by atoms with Crippen molar-refractivity contribution in [2.24, 2.45) is 5.92 Å². The molecule has 0 radical (unpaired) electrons. The summed E-state index contributed by atoms with van der Waals surface area (Å²) in [5, 5.41) is 0.00640. The number of ether oxygens (including phenoxy) is 1. The topological polar surface area (TPSA) is 55.3 Å². The van der Waals surface area contributed by atoms with Crippen LogP contribution in [0.25, 0.3) is 0 Å². The van der Waals surface area contributed by atoms with Crippen molar-refractivity contribution in [3.8, 4) is 0 Å². The van der Waals surface area contributed by atoms with Crippen molar-refractivity contribution in [1.82, 2.24) is 9.97 Å². The molecule has 2 rings (SSSR count). The summed E-state index contributed by atoms with van der Waals surface area (Å²) in [5.41, 5.74) is 0.711. The fourth-order valence-electron chi connectivity index (χ4n) is 2.82. The molecular formula is C16H21ClF3N3O2. The predicted molar refractivity (Wildman–Crippen MR) is 87.7 cm³/mol. The van der Waals surface area contributed by atoms with Gasteiger partial charge in [0, 0.05) is 25.9 Å². The van der Waals surface area contributed by atoms with E-state index in [1.54, 1.807) is 13.8 Å². The van der Waals surface area contributed by atoms with Crippen LogP contribution in [0.5, 0.6) is 0 Å². The molecule has 0 amide bonds. The van der Waals surface area contributed by atoms with Crippen LogP contribution >= 0.6 is 11.6 Å². The third-order valence-electron chi connectivity index (χ3n) is 4.13. The zero-order chi connectivity index (χ0) is 18.6. The number of piperidine rings is 1. The average Bonchev–Trinajstić information content (AvgIpc) is 2.53. The van der Waals surface area contributed by atoms with Gasteiger partial charge in [0.25, 0.3) is 0 Å². The highest BCUT2D eigenvalue weighted by atomic mass is 35.5. The molecule has 1 aromatic heterocycles. The van der Waals surface area contributed by atoms with Crippen LogP contribution < -0.4 is 4.90 Å². The minimum Gasteiger partial charge on any atom is -0.466 e. The Morgan fingerprint density at radius 2 is 1.96 bits per heavy atom. The number of aromatic nitrogens is 2. The molecule has 1 aliphatic heterocycles. The Hall–Kier alpha value is -1.57. The summed E-state index contributed by atoms with van der Waals surface area (Å²) in [6.45, 7) is 4.98. The van der Waals surface area contributed by atoms with E-state index in [1.165, 1.54) is 0 Å². The van der Waals surface area contributed by atoms with Gasteiger partial charge in [0.15, 0.2) is 5.15 Å². The minimum atomic E-state index is -4.27. The van der Waals surface area contributed by atoms with Crippen molar-refractivity contribution >= 4 is 23.4 Å². The number of carbonyl (C=O) groups is 1. The standard InChI is InChI=1S/C16H21ClF3N3O2/c1-3-25-15(24)11-5-8-23(9-6-11)14-10(2)21-13(17)12(22-14)4-7-16(18,19)20/h11H,3-9H2,1-2H3. The van der Waals surface area contributed by atoms with Crippen molar-refractivity contribution < 1.29 is 22.7 Å². The lowest BCUT2D eigenvalue weighted by Crippen LogP contribution is -2.38. The molecule has 0 aliphatic carbocycles. The van der Waals surface area contributed by atoms with E-state index < -0.39 is 12.6 Å². The number of aryl methyl sites for hydroxylation is 2. The molecule has 140 valence electrons. The SMILES string of the molecule is CCOC(=O)C1CCN(c2nc(CCC(F)(F)F)c(Cl)nc2C)CC1. The highest BCUT2D eigenvalue weighted by Crippen LogP contribution is 2.28. The van der Waals surface area contributed by atoms with Gasteiger partial charge in [-0.2, -0.15) is 13.2 Å². The first kappa shape index (κ1) is 19.8. The lowest BCUT2D eigenvalue weighted by Gasteiger charge is -2.32. The van der Waals surface area contributed by atoms with Crippen molar-refractivity contribution in [2.45, 2.75) is 45.7 Å². The number of hydrogen-bond acceptors (Lipinski definition) is 5. The maximum atomic E-state index is 12.4. The second-order valence-corrected chi connectivity index (χ2v) is 6.36. The third kappa shape index (κ3) is 5.45. The largest absolute Gasteiger partial charge is 0.466 e. The van der Waals surface area contributed by atoms with E-state index >= 15 is 0 Å². The van der Waals surface area contributed by atoms with Gasteiger partial charge in [-0.05, 0) is 26.7 Å². The summed E-state index contributed by atoms with van der Waals surface area (Å²) in [5.74, 6) is 0.178. The third-order valence-corrected chi connectivity index (χ3v) is 4.43. The second kappa shape index (κ2) is 8.21. The van der Waals surface area contributed by atoms with Gasteiger partial charge in [-0.25, -0.2) is 9.97 Å². The molecule has 1 aliphatic rings. The normalized spacial score (nSPS) is 16.2. The van der Waals surface area contributed by atoms with Gasteiger partial charge in [-0.1, -0.05) is 11.6 Å². The summed E-state index contributed by atoms with van der Waals surface area (Å²) in [4.78, 5) is 22.2. The van der Waals surface area contributed by atoms with Gasteiger partial charge in [0.1, 0.15) is 5.82 Å². The van der Waals surface area contributed by atoms with Crippen molar-refractivity contribution in [3.63, 3.8) is 0 Å². The summed E-state index contributed by atoms with van der Waals surface area (Å²) >= 11 is 5.95. The number of carbonyl (C=O) groups excluding carboxylic acids is 1. The smallest absolute Gasteiger partial charge is 0.389 e. The van der Waals surface area contributed by atoms with Gasteiger partial charge < -0.3 is 9.64 Å². The van der Waals surface area contributed by atoms with E-state index in [0.717, 1.165) is 0 Å². The Kier molecular flexibility index (Phi) is 6.48. The molecule has 0 aromatic carbocycles. The Labute approximate surface area is 149 Å². The van der Waals surface area contributed by atoms with Crippen LogP contribution in [-0.2, 0) is 16.0 Å². The Morgan fingerprint density at radius 3 is 2.52 bits per heavy atom. The molecule has 0 spiro atoms. The molecule has 9 heteroatoms. The Morgan fingerprint density at radius 1 is 1.32 bits per heavy atom. The summed E-state index contributed by atoms with van der Waals surface area (Å²) in [7, 11) is 0. The average molecular weight is 380 g/mol. The summed E-state index contributed by atoms with van der Waals surface area (Å²) in [6.07, 6.45) is -4.34. The van der Waals surface area contributed by atoms with E-state index in [2.05, 4.69) is 9.97 Å². The van der Waals surface area contributed by atoms with Gasteiger partial charge in [-0.15, -0.1) is 0 Å².